The summed E-state index contributed by atoms with van der Waals surface area (Å²) in [7, 11) is 1.49. The third kappa shape index (κ3) is 4.73. The Balaban J connectivity index is 2.75. The molecule has 0 fully saturated rings. The van der Waals surface area contributed by atoms with Gasteiger partial charge >= 0.3 is 12.0 Å². The van der Waals surface area contributed by atoms with Gasteiger partial charge in [0.05, 0.1) is 12.8 Å². The zero-order chi connectivity index (χ0) is 15.1. The molecule has 2 amide bonds. The van der Waals surface area contributed by atoms with Gasteiger partial charge in [-0.1, -0.05) is 29.3 Å². The number of nitrogens with one attached hydrogen (secondary N) is 2. The van der Waals surface area contributed by atoms with E-state index < -0.39 is 18.0 Å². The quantitative estimate of drug-likeness (QED) is 0.740. The van der Waals surface area contributed by atoms with E-state index in [0.29, 0.717) is 24.3 Å². The number of urea groups is 1. The van der Waals surface area contributed by atoms with Crippen molar-refractivity contribution >= 4 is 33.6 Å². The molecule has 1 aromatic rings. The SMILES string of the molecule is CCC[C@H](NC(=O)Nc1cc(Br)ccc1OC)C(=O)O. The molecule has 6 nitrogen and oxygen atoms in total. The van der Waals surface area contributed by atoms with Gasteiger partial charge in [-0.15, -0.1) is 0 Å². The van der Waals surface area contributed by atoms with E-state index in [1.807, 2.05) is 6.92 Å². The first-order valence-corrected chi connectivity index (χ1v) is 6.91. The molecule has 0 saturated carbocycles. The molecule has 0 heterocycles. The predicted octanol–water partition coefficient (Wildman–Crippen LogP) is 2.83. The summed E-state index contributed by atoms with van der Waals surface area (Å²) in [6.07, 6.45) is 1.04. The molecule has 20 heavy (non-hydrogen) atoms. The molecular weight excluding hydrogens is 328 g/mol. The fourth-order valence-corrected chi connectivity index (χ4v) is 2.00. The van der Waals surface area contributed by atoms with Crippen LogP contribution in [-0.2, 0) is 4.79 Å². The molecule has 0 aliphatic carbocycles. The molecule has 0 aliphatic heterocycles. The number of carbonyl (C=O) groups excluding carboxylic acids is 1. The van der Waals surface area contributed by atoms with E-state index in [1.165, 1.54) is 7.11 Å². The molecule has 0 aromatic heterocycles. The topological polar surface area (TPSA) is 87.7 Å². The summed E-state index contributed by atoms with van der Waals surface area (Å²) >= 11 is 3.29. The molecule has 0 unspecified atom stereocenters. The molecule has 1 rings (SSSR count). The number of benzene rings is 1. The van der Waals surface area contributed by atoms with E-state index in [0.717, 1.165) is 4.47 Å². The van der Waals surface area contributed by atoms with Crippen LogP contribution in [0.5, 0.6) is 5.75 Å². The largest absolute Gasteiger partial charge is 0.495 e. The molecular formula is C13H17BrN2O4. The van der Waals surface area contributed by atoms with Crippen LogP contribution in [0.1, 0.15) is 19.8 Å². The Bertz CT molecular complexity index is 493. The number of rotatable bonds is 6. The number of carboxylic acid groups (broad SMARTS) is 1. The minimum Gasteiger partial charge on any atom is -0.495 e. The highest BCUT2D eigenvalue weighted by atomic mass is 79.9. The van der Waals surface area contributed by atoms with Crippen LogP contribution in [-0.4, -0.2) is 30.3 Å². The van der Waals surface area contributed by atoms with Gasteiger partial charge in [-0.2, -0.15) is 0 Å². The molecule has 1 aromatic carbocycles. The van der Waals surface area contributed by atoms with Crippen molar-refractivity contribution in [3.8, 4) is 5.75 Å². The van der Waals surface area contributed by atoms with Gasteiger partial charge in [-0.3, -0.25) is 0 Å². The third-order valence-electron chi connectivity index (χ3n) is 2.59. The van der Waals surface area contributed by atoms with Crippen LogP contribution in [0.15, 0.2) is 22.7 Å². The van der Waals surface area contributed by atoms with Crippen LogP contribution >= 0.6 is 15.9 Å². The van der Waals surface area contributed by atoms with E-state index >= 15 is 0 Å². The lowest BCUT2D eigenvalue weighted by Crippen LogP contribution is -2.42. The lowest BCUT2D eigenvalue weighted by molar-refractivity contribution is -0.139. The van der Waals surface area contributed by atoms with Gasteiger partial charge < -0.3 is 20.5 Å². The van der Waals surface area contributed by atoms with E-state index in [1.54, 1.807) is 18.2 Å². The second kappa shape index (κ2) is 7.74. The number of amides is 2. The minimum atomic E-state index is -1.05. The monoisotopic (exact) mass is 344 g/mol. The van der Waals surface area contributed by atoms with Crippen molar-refractivity contribution in [3.63, 3.8) is 0 Å². The second-order valence-corrected chi connectivity index (χ2v) is 5.04. The first kappa shape index (κ1) is 16.3. The van der Waals surface area contributed by atoms with Crippen molar-refractivity contribution in [2.75, 3.05) is 12.4 Å². The maximum absolute atomic E-state index is 11.8. The Labute approximate surface area is 125 Å². The summed E-state index contributed by atoms with van der Waals surface area (Å²) in [4.78, 5) is 22.8. The molecule has 0 aliphatic rings. The van der Waals surface area contributed by atoms with Crippen molar-refractivity contribution in [3.05, 3.63) is 22.7 Å². The molecule has 0 bridgehead atoms. The van der Waals surface area contributed by atoms with Crippen molar-refractivity contribution < 1.29 is 19.4 Å². The zero-order valence-electron chi connectivity index (χ0n) is 11.3. The molecule has 3 N–H and O–H groups in total. The number of halogens is 1. The third-order valence-corrected chi connectivity index (χ3v) is 3.08. The normalized spacial score (nSPS) is 11.6. The number of hydrogen-bond acceptors (Lipinski definition) is 3. The van der Waals surface area contributed by atoms with E-state index in [2.05, 4.69) is 26.6 Å². The van der Waals surface area contributed by atoms with Crippen LogP contribution in [0.2, 0.25) is 0 Å². The fraction of sp³-hybridized carbons (Fsp3) is 0.385. The van der Waals surface area contributed by atoms with Crippen LogP contribution in [0.25, 0.3) is 0 Å². The number of carboxylic acids is 1. The van der Waals surface area contributed by atoms with Gasteiger partial charge in [0, 0.05) is 4.47 Å². The molecule has 0 saturated heterocycles. The number of carbonyl (C=O) groups is 2. The average Bonchev–Trinajstić information content (AvgIpc) is 2.38. The fourth-order valence-electron chi connectivity index (χ4n) is 1.64. The van der Waals surface area contributed by atoms with Gasteiger partial charge in [0.25, 0.3) is 0 Å². The van der Waals surface area contributed by atoms with Crippen molar-refractivity contribution in [2.45, 2.75) is 25.8 Å². The summed E-state index contributed by atoms with van der Waals surface area (Å²) in [6, 6.07) is 3.66. The van der Waals surface area contributed by atoms with Gasteiger partial charge in [-0.05, 0) is 24.6 Å². The number of methoxy groups -OCH3 is 1. The van der Waals surface area contributed by atoms with Gasteiger partial charge in [-0.25, -0.2) is 9.59 Å². The lowest BCUT2D eigenvalue weighted by atomic mass is 10.2. The standard InChI is InChI=1S/C13H17BrN2O4/c1-3-4-9(12(17)18)15-13(19)16-10-7-8(14)5-6-11(10)20-2/h5-7,9H,3-4H2,1-2H3,(H,17,18)(H2,15,16,19)/t9-/m0/s1. The molecule has 0 spiro atoms. The van der Waals surface area contributed by atoms with Gasteiger partial charge in [0.15, 0.2) is 0 Å². The molecule has 7 heteroatoms. The summed E-state index contributed by atoms with van der Waals surface area (Å²) in [5.41, 5.74) is 0.458. The van der Waals surface area contributed by atoms with Crippen molar-refractivity contribution in [1.29, 1.82) is 0 Å². The Kier molecular flexibility index (Phi) is 6.30. The zero-order valence-corrected chi connectivity index (χ0v) is 12.9. The van der Waals surface area contributed by atoms with Crippen LogP contribution in [0.4, 0.5) is 10.5 Å². The Morgan fingerprint density at radius 3 is 2.70 bits per heavy atom. The maximum Gasteiger partial charge on any atom is 0.326 e. The molecule has 1 atom stereocenters. The second-order valence-electron chi connectivity index (χ2n) is 4.12. The van der Waals surface area contributed by atoms with Crippen molar-refractivity contribution in [2.24, 2.45) is 0 Å². The molecule has 110 valence electrons. The highest BCUT2D eigenvalue weighted by molar-refractivity contribution is 9.10. The number of hydrogen-bond donors (Lipinski definition) is 3. The number of aliphatic carboxylic acids is 1. The van der Waals surface area contributed by atoms with Crippen LogP contribution in [0, 0.1) is 0 Å². The number of ether oxygens (including phenoxy) is 1. The highest BCUT2D eigenvalue weighted by Crippen LogP contribution is 2.27. The highest BCUT2D eigenvalue weighted by Gasteiger charge is 2.19. The minimum absolute atomic E-state index is 0.373. The first-order chi connectivity index (χ1) is 9.47. The molecule has 0 radical (unpaired) electrons. The van der Waals surface area contributed by atoms with Crippen LogP contribution < -0.4 is 15.4 Å². The Morgan fingerprint density at radius 2 is 2.15 bits per heavy atom. The van der Waals surface area contributed by atoms with Crippen LogP contribution in [0.3, 0.4) is 0 Å². The van der Waals surface area contributed by atoms with E-state index in [4.69, 9.17) is 9.84 Å². The van der Waals surface area contributed by atoms with Gasteiger partial charge in [0.2, 0.25) is 0 Å². The maximum atomic E-state index is 11.8. The van der Waals surface area contributed by atoms with Crippen molar-refractivity contribution in [1.82, 2.24) is 5.32 Å². The smallest absolute Gasteiger partial charge is 0.326 e. The predicted molar refractivity (Wildman–Crippen MR) is 79.2 cm³/mol. The summed E-state index contributed by atoms with van der Waals surface area (Å²) in [5.74, 6) is -0.561. The number of anilines is 1. The van der Waals surface area contributed by atoms with E-state index in [9.17, 15) is 9.59 Å². The Morgan fingerprint density at radius 1 is 1.45 bits per heavy atom. The van der Waals surface area contributed by atoms with Gasteiger partial charge in [0.1, 0.15) is 11.8 Å². The average molecular weight is 345 g/mol. The summed E-state index contributed by atoms with van der Waals surface area (Å²) in [5, 5.41) is 14.0. The Hall–Kier alpha value is -1.76. The summed E-state index contributed by atoms with van der Waals surface area (Å²) in [6.45, 7) is 1.85. The first-order valence-electron chi connectivity index (χ1n) is 6.11. The van der Waals surface area contributed by atoms with E-state index in [-0.39, 0.29) is 0 Å². The lowest BCUT2D eigenvalue weighted by Gasteiger charge is -2.15. The summed E-state index contributed by atoms with van der Waals surface area (Å²) < 4.78 is 5.90.